The molecule has 0 spiro atoms. The van der Waals surface area contributed by atoms with Gasteiger partial charge in [-0.25, -0.2) is 4.99 Å². The largest absolute Gasteiger partial charge is 0.496 e. The number of nitrogens with zero attached hydrogens (tertiary/aromatic N) is 3. The molecule has 0 saturated carbocycles. The number of ether oxygens (including phenoxy) is 1. The number of anilines is 1. The number of methoxy groups -OCH3 is 1. The lowest BCUT2D eigenvalue weighted by atomic mass is 9.68. The van der Waals surface area contributed by atoms with Gasteiger partial charge in [-0.2, -0.15) is 5.26 Å². The first-order chi connectivity index (χ1) is 15.4. The zero-order chi connectivity index (χ0) is 22.6. The number of carbonyl (C=O) groups is 1. The highest BCUT2D eigenvalue weighted by atomic mass is 16.5. The Morgan fingerprint density at radius 3 is 2.62 bits per heavy atom. The van der Waals surface area contributed by atoms with Gasteiger partial charge < -0.3 is 10.5 Å². The van der Waals surface area contributed by atoms with Gasteiger partial charge in [0.25, 0.3) is 0 Å². The molecular weight excluding hydrogens is 400 g/mol. The van der Waals surface area contributed by atoms with E-state index in [9.17, 15) is 10.1 Å². The molecule has 2 heterocycles. The number of Topliss-reactive ketones (excluding diaryl/α,β-unsaturated/α-hetero) is 1. The van der Waals surface area contributed by atoms with Gasteiger partial charge in [0.1, 0.15) is 11.6 Å². The standard InChI is InChI=1S/C26H24N4O2/c1-26(2)12-19-23(20(31)13-26)22(16-9-5-7-11-21(16)32-3)17(14-27)25-29-24(28)15-8-4-6-10-18(15)30(19)25/h4-11,22H,12-13H2,1-3H3,(H2,28,29). The number of nitriles is 1. The zero-order valence-corrected chi connectivity index (χ0v) is 18.3. The van der Waals surface area contributed by atoms with E-state index in [0.717, 1.165) is 22.5 Å². The Hall–Kier alpha value is -3.85. The van der Waals surface area contributed by atoms with Crippen molar-refractivity contribution >= 4 is 17.3 Å². The number of benzene rings is 2. The van der Waals surface area contributed by atoms with Crippen LogP contribution in [0.3, 0.4) is 0 Å². The van der Waals surface area contributed by atoms with Crippen molar-refractivity contribution < 1.29 is 9.53 Å². The maximum absolute atomic E-state index is 13.6. The number of amidine groups is 1. The molecule has 6 nitrogen and oxygen atoms in total. The van der Waals surface area contributed by atoms with Crippen molar-refractivity contribution in [3.05, 3.63) is 82.3 Å². The number of hydrogen-bond acceptors (Lipinski definition) is 6. The Morgan fingerprint density at radius 2 is 1.88 bits per heavy atom. The molecule has 3 aliphatic rings. The van der Waals surface area contributed by atoms with Crippen molar-refractivity contribution in [1.82, 2.24) is 0 Å². The van der Waals surface area contributed by atoms with Crippen molar-refractivity contribution in [2.45, 2.75) is 32.6 Å². The predicted octanol–water partition coefficient (Wildman–Crippen LogP) is 4.40. The number of carbonyl (C=O) groups excluding carboxylic acids is 1. The molecule has 1 atom stereocenters. The van der Waals surface area contributed by atoms with Crippen LogP contribution in [0.1, 0.15) is 43.7 Å². The topological polar surface area (TPSA) is 91.7 Å². The second kappa shape index (κ2) is 7.10. The van der Waals surface area contributed by atoms with Crippen molar-refractivity contribution in [3.63, 3.8) is 0 Å². The number of ketones is 1. The summed E-state index contributed by atoms with van der Waals surface area (Å²) in [6.45, 7) is 4.20. The lowest BCUT2D eigenvalue weighted by Gasteiger charge is -2.45. The van der Waals surface area contributed by atoms with Crippen LogP contribution in [-0.4, -0.2) is 18.7 Å². The molecule has 5 rings (SSSR count). The first-order valence-corrected chi connectivity index (χ1v) is 10.6. The molecule has 2 aromatic carbocycles. The average Bonchev–Trinajstić information content (AvgIpc) is 2.77. The summed E-state index contributed by atoms with van der Waals surface area (Å²) in [6.07, 6.45) is 1.11. The number of aliphatic imine (C=N–C) groups is 1. The van der Waals surface area contributed by atoms with Crippen molar-refractivity contribution in [1.29, 1.82) is 5.26 Å². The third kappa shape index (κ3) is 2.85. The monoisotopic (exact) mass is 424 g/mol. The van der Waals surface area contributed by atoms with Crippen LogP contribution in [0.25, 0.3) is 0 Å². The fraction of sp³-hybridized carbons (Fsp3) is 0.269. The third-order valence-electron chi connectivity index (χ3n) is 6.41. The molecule has 32 heavy (non-hydrogen) atoms. The minimum Gasteiger partial charge on any atom is -0.496 e. The first kappa shape index (κ1) is 20.1. The Morgan fingerprint density at radius 1 is 1.16 bits per heavy atom. The van der Waals surface area contributed by atoms with E-state index >= 15 is 0 Å². The van der Waals surface area contributed by atoms with E-state index in [1.807, 2.05) is 53.4 Å². The highest BCUT2D eigenvalue weighted by Gasteiger charge is 2.47. The Labute approximate surface area is 187 Å². The molecule has 2 aliphatic heterocycles. The highest BCUT2D eigenvalue weighted by Crippen LogP contribution is 2.53. The molecule has 0 fully saturated rings. The quantitative estimate of drug-likeness (QED) is 0.772. The fourth-order valence-electron chi connectivity index (χ4n) is 5.11. The van der Waals surface area contributed by atoms with Crippen LogP contribution in [0, 0.1) is 16.7 Å². The van der Waals surface area contributed by atoms with E-state index in [-0.39, 0.29) is 11.2 Å². The van der Waals surface area contributed by atoms with Gasteiger partial charge in [-0.05, 0) is 30.0 Å². The smallest absolute Gasteiger partial charge is 0.162 e. The summed E-state index contributed by atoms with van der Waals surface area (Å²) in [4.78, 5) is 20.3. The van der Waals surface area contributed by atoms with E-state index < -0.39 is 5.92 Å². The SMILES string of the molecule is COc1ccccc1C1C(C#N)=C2N=C(N)c3ccccc3N2C2=C1C(=O)CC(C)(C)C2. The van der Waals surface area contributed by atoms with E-state index in [1.165, 1.54) is 0 Å². The summed E-state index contributed by atoms with van der Waals surface area (Å²) in [5.41, 5.74) is 10.5. The minimum absolute atomic E-state index is 0.0546. The van der Waals surface area contributed by atoms with Gasteiger partial charge in [0.2, 0.25) is 0 Å². The Bertz CT molecular complexity index is 1290. The van der Waals surface area contributed by atoms with Crippen LogP contribution in [0.5, 0.6) is 5.75 Å². The Balaban J connectivity index is 1.87. The molecule has 0 radical (unpaired) electrons. The second-order valence-corrected chi connectivity index (χ2v) is 9.17. The van der Waals surface area contributed by atoms with E-state index in [2.05, 4.69) is 24.9 Å². The molecule has 0 amide bonds. The maximum atomic E-state index is 13.6. The van der Waals surface area contributed by atoms with Crippen molar-refractivity contribution in [2.24, 2.45) is 16.1 Å². The van der Waals surface area contributed by atoms with Crippen molar-refractivity contribution in [3.8, 4) is 11.8 Å². The van der Waals surface area contributed by atoms with Crippen LogP contribution < -0.4 is 15.4 Å². The van der Waals surface area contributed by atoms with Gasteiger partial charge >= 0.3 is 0 Å². The summed E-state index contributed by atoms with van der Waals surface area (Å²) < 4.78 is 5.62. The molecular formula is C26H24N4O2. The van der Waals surface area contributed by atoms with E-state index in [0.29, 0.717) is 41.4 Å². The van der Waals surface area contributed by atoms with Crippen LogP contribution in [0.15, 0.2) is 76.2 Å². The van der Waals surface area contributed by atoms with Crippen molar-refractivity contribution in [2.75, 3.05) is 12.0 Å². The van der Waals surface area contributed by atoms with Crippen LogP contribution in [0.4, 0.5) is 5.69 Å². The summed E-state index contributed by atoms with van der Waals surface area (Å²) in [6, 6.07) is 17.6. The third-order valence-corrected chi connectivity index (χ3v) is 6.41. The van der Waals surface area contributed by atoms with Gasteiger partial charge in [0.05, 0.1) is 30.4 Å². The molecule has 1 aliphatic carbocycles. The van der Waals surface area contributed by atoms with Gasteiger partial charge in [-0.3, -0.25) is 9.69 Å². The number of para-hydroxylation sites is 2. The molecule has 0 aromatic heterocycles. The molecule has 160 valence electrons. The maximum Gasteiger partial charge on any atom is 0.162 e. The second-order valence-electron chi connectivity index (χ2n) is 9.17. The van der Waals surface area contributed by atoms with E-state index in [1.54, 1.807) is 7.11 Å². The Kier molecular flexibility index (Phi) is 4.45. The molecule has 1 unspecified atom stereocenters. The molecule has 2 aromatic rings. The molecule has 0 saturated heterocycles. The average molecular weight is 425 g/mol. The number of allylic oxidation sites excluding steroid dienone is 3. The predicted molar refractivity (Wildman–Crippen MR) is 123 cm³/mol. The number of fused-ring (bicyclic) bond motifs is 4. The van der Waals surface area contributed by atoms with Crippen LogP contribution in [0.2, 0.25) is 0 Å². The molecule has 2 N–H and O–H groups in total. The van der Waals surface area contributed by atoms with Crippen LogP contribution >= 0.6 is 0 Å². The summed E-state index contributed by atoms with van der Waals surface area (Å²) >= 11 is 0. The van der Waals surface area contributed by atoms with E-state index in [4.69, 9.17) is 10.5 Å². The summed E-state index contributed by atoms with van der Waals surface area (Å²) in [5.74, 6) is 0.992. The lowest BCUT2D eigenvalue weighted by molar-refractivity contribution is -0.118. The minimum atomic E-state index is -0.553. The zero-order valence-electron chi connectivity index (χ0n) is 18.3. The van der Waals surface area contributed by atoms with Gasteiger partial charge in [-0.1, -0.05) is 44.2 Å². The first-order valence-electron chi connectivity index (χ1n) is 10.6. The van der Waals surface area contributed by atoms with Gasteiger partial charge in [-0.15, -0.1) is 0 Å². The number of nitrogens with two attached hydrogens (primary N) is 1. The molecule has 6 heteroatoms. The number of rotatable bonds is 2. The highest BCUT2D eigenvalue weighted by molar-refractivity contribution is 6.08. The van der Waals surface area contributed by atoms with Crippen LogP contribution in [-0.2, 0) is 4.79 Å². The lowest BCUT2D eigenvalue weighted by Crippen LogP contribution is -2.42. The van der Waals surface area contributed by atoms with Gasteiger partial charge in [0.15, 0.2) is 11.6 Å². The fourth-order valence-corrected chi connectivity index (χ4v) is 5.11. The normalized spacial score (nSPS) is 21.3. The summed E-state index contributed by atoms with van der Waals surface area (Å²) in [5, 5.41) is 10.3. The van der Waals surface area contributed by atoms with Gasteiger partial charge in [0, 0.05) is 28.8 Å². The summed E-state index contributed by atoms with van der Waals surface area (Å²) in [7, 11) is 1.60. The number of hydrogen-bond donors (Lipinski definition) is 1. The molecule has 0 bridgehead atoms.